The smallest absolute Gasteiger partial charge is 0.0998 e. The minimum Gasteiger partial charge on any atom is -0.355 e. The maximum absolute atomic E-state index is 10.2. The highest BCUT2D eigenvalue weighted by Gasteiger charge is 2.20. The standard InChI is InChI=1S/C47H42N4/c1-32(13-5-4-10-26-51-45-20-9-8-19-42(45)47-34(3)15-11-21-46(47)51)36-16-12-17-37(28-36)41-24-23-39(29-38(41)31-49)50-44-25-22-35(30-48)27-43(44)40-18-7-6-14-33(40)2/h5-9,12-20,22-25,27-29,32,50H,4,10-11,21,26H2,1-3H3/b13-5-. The van der Waals surface area contributed by atoms with E-state index in [1.807, 2.05) is 48.5 Å². The van der Waals surface area contributed by atoms with Gasteiger partial charge in [-0.1, -0.05) is 97.9 Å². The molecule has 0 saturated heterocycles. The van der Waals surface area contributed by atoms with Crippen LogP contribution in [-0.4, -0.2) is 4.57 Å². The molecule has 1 atom stereocenters. The lowest BCUT2D eigenvalue weighted by Gasteiger charge is -2.16. The second kappa shape index (κ2) is 14.8. The summed E-state index contributed by atoms with van der Waals surface area (Å²) in [6, 6.07) is 41.9. The van der Waals surface area contributed by atoms with Crippen molar-refractivity contribution in [2.75, 3.05) is 5.32 Å². The predicted octanol–water partition coefficient (Wildman–Crippen LogP) is 12.3. The van der Waals surface area contributed by atoms with Crippen LogP contribution in [0.15, 0.2) is 127 Å². The fourth-order valence-corrected chi connectivity index (χ4v) is 7.55. The average Bonchev–Trinajstić information content (AvgIpc) is 3.49. The van der Waals surface area contributed by atoms with E-state index in [4.69, 9.17) is 0 Å². The van der Waals surface area contributed by atoms with Crippen LogP contribution in [0.25, 0.3) is 38.7 Å². The number of nitriles is 2. The molecule has 51 heavy (non-hydrogen) atoms. The Balaban J connectivity index is 1.05. The van der Waals surface area contributed by atoms with Crippen molar-refractivity contribution in [1.82, 2.24) is 4.57 Å². The lowest BCUT2D eigenvalue weighted by atomic mass is 9.93. The number of hydrogen-bond acceptors (Lipinski definition) is 3. The summed E-state index contributed by atoms with van der Waals surface area (Å²) in [5.41, 5.74) is 14.9. The van der Waals surface area contributed by atoms with E-state index in [1.54, 1.807) is 0 Å². The summed E-state index contributed by atoms with van der Waals surface area (Å²) in [6.45, 7) is 7.59. The number of nitrogens with zero attached hydrogens (tertiary/aromatic N) is 3. The van der Waals surface area contributed by atoms with Crippen LogP contribution < -0.4 is 5.32 Å². The largest absolute Gasteiger partial charge is 0.355 e. The number of benzene rings is 5. The molecule has 4 heteroatoms. The van der Waals surface area contributed by atoms with Crippen LogP contribution in [0.3, 0.4) is 0 Å². The number of fused-ring (bicyclic) bond motifs is 3. The van der Waals surface area contributed by atoms with Crippen LogP contribution in [0.1, 0.15) is 72.5 Å². The number of para-hydroxylation sites is 1. The van der Waals surface area contributed by atoms with Gasteiger partial charge in [0.1, 0.15) is 0 Å². The summed E-state index contributed by atoms with van der Waals surface area (Å²) in [7, 11) is 0. The lowest BCUT2D eigenvalue weighted by molar-refractivity contribution is 0.637. The molecule has 4 nitrogen and oxygen atoms in total. The molecule has 0 aliphatic heterocycles. The van der Waals surface area contributed by atoms with Gasteiger partial charge in [-0.2, -0.15) is 10.5 Å². The third kappa shape index (κ3) is 6.87. The summed E-state index contributed by atoms with van der Waals surface area (Å²) in [4.78, 5) is 0. The monoisotopic (exact) mass is 662 g/mol. The first kappa shape index (κ1) is 33.4. The van der Waals surface area contributed by atoms with E-state index in [-0.39, 0.29) is 5.92 Å². The number of anilines is 2. The normalized spacial score (nSPS) is 13.0. The van der Waals surface area contributed by atoms with Gasteiger partial charge in [0.15, 0.2) is 0 Å². The Kier molecular flexibility index (Phi) is 9.69. The lowest BCUT2D eigenvalue weighted by Crippen LogP contribution is -2.06. The van der Waals surface area contributed by atoms with Gasteiger partial charge in [-0.25, -0.2) is 0 Å². The Bertz CT molecular complexity index is 2390. The molecule has 0 radical (unpaired) electrons. The molecule has 0 saturated carbocycles. The van der Waals surface area contributed by atoms with Crippen molar-refractivity contribution < 1.29 is 0 Å². The van der Waals surface area contributed by atoms with Crippen molar-refractivity contribution in [3.8, 4) is 34.4 Å². The van der Waals surface area contributed by atoms with E-state index in [0.717, 1.165) is 71.4 Å². The van der Waals surface area contributed by atoms with Crippen molar-refractivity contribution >= 4 is 27.9 Å². The molecule has 1 aromatic heterocycles. The molecule has 0 fully saturated rings. The zero-order valence-electron chi connectivity index (χ0n) is 29.6. The van der Waals surface area contributed by atoms with Crippen molar-refractivity contribution in [2.45, 2.75) is 58.9 Å². The van der Waals surface area contributed by atoms with E-state index in [0.29, 0.717) is 11.1 Å². The molecule has 7 rings (SSSR count). The number of aryl methyl sites for hydroxylation is 2. The SMILES string of the molecule is CC1=CCCc2c1c1ccccc1n2CCC/C=C\C(C)c1cccc(-c2ccc(Nc3ccc(C#N)cc3-c3ccccc3C)cc2C#N)c1. The molecule has 0 spiro atoms. The van der Waals surface area contributed by atoms with Gasteiger partial charge in [0, 0.05) is 45.6 Å². The molecule has 6 aromatic rings. The Hall–Kier alpha value is -6.10. The molecule has 1 aliphatic rings. The van der Waals surface area contributed by atoms with Crippen LogP contribution in [0.4, 0.5) is 11.4 Å². The van der Waals surface area contributed by atoms with E-state index >= 15 is 0 Å². The molecule has 1 aliphatic carbocycles. The molecule has 250 valence electrons. The Morgan fingerprint density at radius 2 is 1.67 bits per heavy atom. The summed E-state index contributed by atoms with van der Waals surface area (Å²) in [6.07, 6.45) is 11.4. The molecule has 5 aromatic carbocycles. The van der Waals surface area contributed by atoms with Gasteiger partial charge in [0.05, 0.1) is 23.3 Å². The summed E-state index contributed by atoms with van der Waals surface area (Å²) in [5, 5.41) is 24.7. The van der Waals surface area contributed by atoms with Gasteiger partial charge < -0.3 is 9.88 Å². The molecule has 1 unspecified atom stereocenters. The molecule has 1 heterocycles. The number of unbranched alkanes of at least 4 members (excludes halogenated alkanes) is 1. The first-order valence-corrected chi connectivity index (χ1v) is 17.9. The van der Waals surface area contributed by atoms with Crippen LogP contribution in [0, 0.1) is 29.6 Å². The number of hydrogen-bond donors (Lipinski definition) is 1. The van der Waals surface area contributed by atoms with E-state index in [1.165, 1.54) is 33.3 Å². The summed E-state index contributed by atoms with van der Waals surface area (Å²) >= 11 is 0. The molecular formula is C47H42N4. The first-order valence-electron chi connectivity index (χ1n) is 17.9. The Labute approximate surface area is 301 Å². The van der Waals surface area contributed by atoms with Crippen LogP contribution >= 0.6 is 0 Å². The highest BCUT2D eigenvalue weighted by Crippen LogP contribution is 2.37. The molecule has 1 N–H and O–H groups in total. The maximum Gasteiger partial charge on any atom is 0.0998 e. The minimum atomic E-state index is 0.251. The first-order chi connectivity index (χ1) is 24.9. The topological polar surface area (TPSA) is 64.5 Å². The van der Waals surface area contributed by atoms with E-state index in [9.17, 15) is 10.5 Å². The number of nitrogens with one attached hydrogen (secondary N) is 1. The Morgan fingerprint density at radius 1 is 0.824 bits per heavy atom. The number of aromatic nitrogens is 1. The van der Waals surface area contributed by atoms with Crippen LogP contribution in [0.5, 0.6) is 0 Å². The quantitative estimate of drug-likeness (QED) is 0.117. The maximum atomic E-state index is 10.2. The predicted molar refractivity (Wildman–Crippen MR) is 212 cm³/mol. The second-order valence-electron chi connectivity index (χ2n) is 13.6. The summed E-state index contributed by atoms with van der Waals surface area (Å²) < 4.78 is 2.56. The molecule has 0 bridgehead atoms. The third-order valence-corrected chi connectivity index (χ3v) is 10.2. The highest BCUT2D eigenvalue weighted by atomic mass is 15.0. The number of allylic oxidation sites excluding steroid dienone is 4. The number of rotatable bonds is 10. The van der Waals surface area contributed by atoms with Crippen molar-refractivity contribution in [2.24, 2.45) is 0 Å². The molecule has 0 amide bonds. The second-order valence-corrected chi connectivity index (χ2v) is 13.6. The van der Waals surface area contributed by atoms with E-state index in [2.05, 4.69) is 122 Å². The zero-order chi connectivity index (χ0) is 35.3. The van der Waals surface area contributed by atoms with Crippen molar-refractivity contribution in [3.05, 3.63) is 161 Å². The van der Waals surface area contributed by atoms with E-state index < -0.39 is 0 Å². The minimum absolute atomic E-state index is 0.251. The van der Waals surface area contributed by atoms with Crippen molar-refractivity contribution in [1.29, 1.82) is 10.5 Å². The molecular weight excluding hydrogens is 621 g/mol. The van der Waals surface area contributed by atoms with Gasteiger partial charge in [-0.05, 0) is 115 Å². The van der Waals surface area contributed by atoms with Gasteiger partial charge in [-0.15, -0.1) is 0 Å². The average molecular weight is 663 g/mol. The van der Waals surface area contributed by atoms with Crippen LogP contribution in [-0.2, 0) is 13.0 Å². The third-order valence-electron chi connectivity index (χ3n) is 10.2. The van der Waals surface area contributed by atoms with Gasteiger partial charge >= 0.3 is 0 Å². The Morgan fingerprint density at radius 3 is 2.51 bits per heavy atom. The highest BCUT2D eigenvalue weighted by molar-refractivity contribution is 5.95. The summed E-state index contributed by atoms with van der Waals surface area (Å²) in [5.74, 6) is 0.251. The van der Waals surface area contributed by atoms with Gasteiger partial charge in [0.2, 0.25) is 0 Å². The zero-order valence-corrected chi connectivity index (χ0v) is 29.6. The van der Waals surface area contributed by atoms with Crippen molar-refractivity contribution in [3.63, 3.8) is 0 Å². The van der Waals surface area contributed by atoms with Crippen LogP contribution in [0.2, 0.25) is 0 Å². The fraction of sp³-hybridized carbons (Fsp3) is 0.191. The van der Waals surface area contributed by atoms with Gasteiger partial charge in [-0.3, -0.25) is 0 Å². The fourth-order valence-electron chi connectivity index (χ4n) is 7.55. The van der Waals surface area contributed by atoms with Gasteiger partial charge in [0.25, 0.3) is 0 Å².